The van der Waals surface area contributed by atoms with Crippen LogP contribution in [0.5, 0.6) is 0 Å². The Morgan fingerprint density at radius 2 is 2.04 bits per heavy atom. The molecule has 0 aliphatic heterocycles. The monoisotopic (exact) mass is 343 g/mol. The molecule has 3 aromatic rings. The Kier molecular flexibility index (Phi) is 4.44. The van der Waals surface area contributed by atoms with E-state index in [0.29, 0.717) is 16.6 Å². The molecule has 0 unspecified atom stereocenters. The second-order valence-electron chi connectivity index (χ2n) is 5.68. The Morgan fingerprint density at radius 3 is 2.83 bits per heavy atom. The second kappa shape index (κ2) is 6.53. The van der Waals surface area contributed by atoms with Gasteiger partial charge in [0.2, 0.25) is 5.91 Å². The fourth-order valence-electron chi connectivity index (χ4n) is 2.43. The van der Waals surface area contributed by atoms with E-state index in [9.17, 15) is 4.79 Å². The summed E-state index contributed by atoms with van der Waals surface area (Å²) in [5.74, 6) is 0.473. The molecule has 1 aromatic heterocycles. The van der Waals surface area contributed by atoms with Crippen LogP contribution in [0, 0.1) is 13.8 Å². The van der Waals surface area contributed by atoms with Gasteiger partial charge in [0, 0.05) is 23.3 Å². The molecule has 124 valence electrons. The van der Waals surface area contributed by atoms with Gasteiger partial charge in [-0.3, -0.25) is 4.79 Å². The van der Waals surface area contributed by atoms with E-state index in [1.165, 1.54) is 0 Å². The number of carbonyl (C=O) groups excluding carboxylic acids is 1. The zero-order valence-electron chi connectivity index (χ0n) is 13.7. The Balaban J connectivity index is 1.71. The highest BCUT2D eigenvalue weighted by molar-refractivity contribution is 6.31. The third-order valence-electron chi connectivity index (χ3n) is 3.80. The molecule has 0 radical (unpaired) electrons. The van der Waals surface area contributed by atoms with Crippen molar-refractivity contribution in [3.8, 4) is 0 Å². The van der Waals surface area contributed by atoms with E-state index < -0.39 is 6.04 Å². The third kappa shape index (κ3) is 3.36. The lowest BCUT2D eigenvalue weighted by Crippen LogP contribution is -2.32. The van der Waals surface area contributed by atoms with E-state index in [2.05, 4.69) is 15.6 Å². The molecule has 3 rings (SSSR count). The number of oxazole rings is 1. The van der Waals surface area contributed by atoms with E-state index in [1.54, 1.807) is 19.9 Å². The van der Waals surface area contributed by atoms with Crippen molar-refractivity contribution in [1.29, 1.82) is 0 Å². The molecule has 6 heteroatoms. The van der Waals surface area contributed by atoms with Crippen molar-refractivity contribution in [2.75, 3.05) is 10.6 Å². The van der Waals surface area contributed by atoms with Gasteiger partial charge in [-0.05, 0) is 49.7 Å². The molecule has 1 atom stereocenters. The van der Waals surface area contributed by atoms with Gasteiger partial charge in [0.25, 0.3) is 0 Å². The van der Waals surface area contributed by atoms with Crippen LogP contribution < -0.4 is 10.6 Å². The fraction of sp³-hybridized carbons (Fsp3) is 0.222. The van der Waals surface area contributed by atoms with Crippen LogP contribution in [0.25, 0.3) is 11.1 Å². The van der Waals surface area contributed by atoms with Crippen LogP contribution in [0.1, 0.15) is 18.4 Å². The minimum absolute atomic E-state index is 0.142. The van der Waals surface area contributed by atoms with Crippen LogP contribution in [0.15, 0.2) is 40.8 Å². The molecule has 0 saturated carbocycles. The molecule has 0 aliphatic rings. The summed E-state index contributed by atoms with van der Waals surface area (Å²) in [6.45, 7) is 5.47. The Labute approximate surface area is 145 Å². The average Bonchev–Trinajstić information content (AvgIpc) is 2.91. The summed E-state index contributed by atoms with van der Waals surface area (Å²) in [6, 6.07) is 10.6. The molecular formula is C18H18ClN3O2. The number of nitrogens with zero attached hydrogens (tertiary/aromatic N) is 1. The van der Waals surface area contributed by atoms with Crippen LogP contribution in [0.4, 0.5) is 11.4 Å². The first kappa shape index (κ1) is 16.3. The maximum absolute atomic E-state index is 12.4. The summed E-state index contributed by atoms with van der Waals surface area (Å²) in [5.41, 5.74) is 3.85. The first-order valence-corrected chi connectivity index (χ1v) is 8.01. The summed E-state index contributed by atoms with van der Waals surface area (Å²) >= 11 is 6.08. The molecule has 0 bridgehead atoms. The smallest absolute Gasteiger partial charge is 0.246 e. The van der Waals surface area contributed by atoms with Gasteiger partial charge in [0.1, 0.15) is 11.6 Å². The number of benzene rings is 2. The number of halogens is 1. The maximum atomic E-state index is 12.4. The first-order valence-electron chi connectivity index (χ1n) is 7.64. The predicted molar refractivity (Wildman–Crippen MR) is 96.6 cm³/mol. The number of carbonyl (C=O) groups is 1. The van der Waals surface area contributed by atoms with E-state index in [-0.39, 0.29) is 5.91 Å². The number of amides is 1. The molecule has 0 fully saturated rings. The molecule has 0 saturated heterocycles. The fourth-order valence-corrected chi connectivity index (χ4v) is 2.61. The van der Waals surface area contributed by atoms with Gasteiger partial charge < -0.3 is 15.1 Å². The lowest BCUT2D eigenvalue weighted by Gasteiger charge is -2.16. The number of hydrogen-bond acceptors (Lipinski definition) is 4. The van der Waals surface area contributed by atoms with Crippen molar-refractivity contribution in [1.82, 2.24) is 4.98 Å². The van der Waals surface area contributed by atoms with Gasteiger partial charge in [-0.25, -0.2) is 4.98 Å². The van der Waals surface area contributed by atoms with Crippen LogP contribution in [-0.4, -0.2) is 16.9 Å². The predicted octanol–water partition coefficient (Wildman–Crippen LogP) is 4.54. The van der Waals surface area contributed by atoms with Crippen LogP contribution in [0.2, 0.25) is 5.02 Å². The quantitative estimate of drug-likeness (QED) is 0.730. The minimum atomic E-state index is -0.422. The highest BCUT2D eigenvalue weighted by Crippen LogP contribution is 2.24. The average molecular weight is 344 g/mol. The maximum Gasteiger partial charge on any atom is 0.246 e. The molecule has 1 heterocycles. The Hall–Kier alpha value is -2.53. The number of fused-ring (bicyclic) bond motifs is 1. The lowest BCUT2D eigenvalue weighted by atomic mass is 10.2. The largest absolute Gasteiger partial charge is 0.441 e. The molecule has 1 amide bonds. The van der Waals surface area contributed by atoms with Crippen molar-refractivity contribution < 1.29 is 9.21 Å². The van der Waals surface area contributed by atoms with Gasteiger partial charge >= 0.3 is 0 Å². The molecular weight excluding hydrogens is 326 g/mol. The van der Waals surface area contributed by atoms with Crippen molar-refractivity contribution in [3.63, 3.8) is 0 Å². The van der Waals surface area contributed by atoms with Gasteiger partial charge in [0.05, 0.1) is 0 Å². The van der Waals surface area contributed by atoms with Crippen molar-refractivity contribution in [2.24, 2.45) is 0 Å². The number of hydrogen-bond donors (Lipinski definition) is 2. The summed E-state index contributed by atoms with van der Waals surface area (Å²) < 4.78 is 5.45. The molecule has 2 N–H and O–H groups in total. The Morgan fingerprint density at radius 1 is 1.25 bits per heavy atom. The van der Waals surface area contributed by atoms with Crippen LogP contribution >= 0.6 is 11.6 Å². The third-order valence-corrected chi connectivity index (χ3v) is 4.21. The van der Waals surface area contributed by atoms with E-state index >= 15 is 0 Å². The first-order chi connectivity index (χ1) is 11.4. The van der Waals surface area contributed by atoms with E-state index in [0.717, 1.165) is 22.4 Å². The zero-order chi connectivity index (χ0) is 17.3. The number of nitrogens with one attached hydrogen (secondary N) is 2. The molecule has 0 aliphatic carbocycles. The number of rotatable bonds is 4. The topological polar surface area (TPSA) is 67.2 Å². The van der Waals surface area contributed by atoms with Crippen molar-refractivity contribution in [3.05, 3.63) is 52.9 Å². The molecule has 0 spiro atoms. The summed E-state index contributed by atoms with van der Waals surface area (Å²) in [4.78, 5) is 16.7. The zero-order valence-corrected chi connectivity index (χ0v) is 14.4. The van der Waals surface area contributed by atoms with Gasteiger partial charge in [-0.2, -0.15) is 0 Å². The molecule has 24 heavy (non-hydrogen) atoms. The molecule has 2 aromatic carbocycles. The second-order valence-corrected chi connectivity index (χ2v) is 6.09. The number of aromatic nitrogens is 1. The highest BCUT2D eigenvalue weighted by atomic mass is 35.5. The van der Waals surface area contributed by atoms with Gasteiger partial charge in [-0.15, -0.1) is 0 Å². The minimum Gasteiger partial charge on any atom is -0.441 e. The highest BCUT2D eigenvalue weighted by Gasteiger charge is 2.15. The summed E-state index contributed by atoms with van der Waals surface area (Å²) in [5, 5.41) is 6.69. The van der Waals surface area contributed by atoms with Crippen LogP contribution in [-0.2, 0) is 4.79 Å². The number of anilines is 2. The molecule has 5 nitrogen and oxygen atoms in total. The van der Waals surface area contributed by atoms with Crippen LogP contribution in [0.3, 0.4) is 0 Å². The van der Waals surface area contributed by atoms with Gasteiger partial charge in [-0.1, -0.05) is 17.7 Å². The SMILES string of the molecule is Cc1nc2cc(N[C@@H](C)C(=O)Nc3cccc(Cl)c3C)ccc2o1. The number of aryl methyl sites for hydroxylation is 1. The summed E-state index contributed by atoms with van der Waals surface area (Å²) in [6.07, 6.45) is 0. The van der Waals surface area contributed by atoms with E-state index in [1.807, 2.05) is 37.3 Å². The Bertz CT molecular complexity index is 904. The van der Waals surface area contributed by atoms with E-state index in [4.69, 9.17) is 16.0 Å². The van der Waals surface area contributed by atoms with Crippen molar-refractivity contribution in [2.45, 2.75) is 26.8 Å². The normalized spacial score (nSPS) is 12.2. The van der Waals surface area contributed by atoms with Crippen molar-refractivity contribution >= 4 is 40.0 Å². The summed E-state index contributed by atoms with van der Waals surface area (Å²) in [7, 11) is 0. The lowest BCUT2D eigenvalue weighted by molar-refractivity contribution is -0.116. The standard InChI is InChI=1S/C18H18ClN3O2/c1-10-14(19)5-4-6-15(10)22-18(23)11(2)20-13-7-8-17-16(9-13)21-12(3)24-17/h4-9,11,20H,1-3H3,(H,22,23)/t11-/m0/s1. The van der Waals surface area contributed by atoms with Gasteiger partial charge in [0.15, 0.2) is 11.5 Å².